The van der Waals surface area contributed by atoms with Crippen LogP contribution >= 0.6 is 24.0 Å². The Morgan fingerprint density at radius 3 is 2.32 bits per heavy atom. The summed E-state index contributed by atoms with van der Waals surface area (Å²) < 4.78 is 1.95. The molecule has 7 nitrogen and oxygen atoms in total. The number of nitrogens with zero attached hydrogens (tertiary/aromatic N) is 3. The van der Waals surface area contributed by atoms with Gasteiger partial charge in [-0.2, -0.15) is 5.10 Å². The monoisotopic (exact) mass is 464 g/mol. The highest BCUT2D eigenvalue weighted by Gasteiger charge is 2.15. The van der Waals surface area contributed by atoms with Crippen LogP contribution in [0.5, 0.6) is 0 Å². The minimum absolute atomic E-state index is 0. The third kappa shape index (κ3) is 7.62. The standard InChI is InChI=1S/C17H32N6O.HI/c1-8-13-12(14(9-2)23(7)22-13)10-19-16(18-6)20-11-15(24)21-17(3,4)5;/h8-11H2,1-7H3,(H,21,24)(H2,18,19,20);1H. The second kappa shape index (κ2) is 10.6. The van der Waals surface area contributed by atoms with Gasteiger partial charge in [0.05, 0.1) is 12.2 Å². The summed E-state index contributed by atoms with van der Waals surface area (Å²) in [5, 5.41) is 13.8. The average molecular weight is 464 g/mol. The molecule has 3 N–H and O–H groups in total. The number of aryl methyl sites for hydroxylation is 2. The molecule has 1 aromatic rings. The zero-order chi connectivity index (χ0) is 18.3. The molecule has 0 spiro atoms. The first-order valence-electron chi connectivity index (χ1n) is 8.50. The highest BCUT2D eigenvalue weighted by atomic mass is 127. The second-order valence-electron chi connectivity index (χ2n) is 6.78. The number of carbonyl (C=O) groups is 1. The predicted octanol–water partition coefficient (Wildman–Crippen LogP) is 1.74. The molecular weight excluding hydrogens is 431 g/mol. The number of hydrogen-bond acceptors (Lipinski definition) is 3. The zero-order valence-electron chi connectivity index (χ0n) is 16.5. The summed E-state index contributed by atoms with van der Waals surface area (Å²) >= 11 is 0. The van der Waals surface area contributed by atoms with E-state index in [1.807, 2.05) is 32.5 Å². The largest absolute Gasteiger partial charge is 0.352 e. The number of amides is 1. The van der Waals surface area contributed by atoms with E-state index in [-0.39, 0.29) is 42.0 Å². The molecule has 0 aromatic carbocycles. The molecule has 0 aliphatic rings. The number of rotatable bonds is 6. The van der Waals surface area contributed by atoms with Gasteiger partial charge in [0.15, 0.2) is 5.96 Å². The van der Waals surface area contributed by atoms with Crippen molar-refractivity contribution in [3.63, 3.8) is 0 Å². The molecule has 25 heavy (non-hydrogen) atoms. The molecule has 0 saturated carbocycles. The van der Waals surface area contributed by atoms with E-state index in [1.165, 1.54) is 11.3 Å². The third-order valence-electron chi connectivity index (χ3n) is 3.61. The molecule has 1 rings (SSSR count). The Morgan fingerprint density at radius 1 is 1.20 bits per heavy atom. The lowest BCUT2D eigenvalue weighted by Crippen LogP contribution is -2.48. The van der Waals surface area contributed by atoms with Gasteiger partial charge in [-0.25, -0.2) is 0 Å². The molecule has 0 aliphatic carbocycles. The van der Waals surface area contributed by atoms with Crippen LogP contribution in [0.1, 0.15) is 51.6 Å². The minimum atomic E-state index is -0.239. The normalized spacial score (nSPS) is 11.7. The van der Waals surface area contributed by atoms with Crippen LogP contribution < -0.4 is 16.0 Å². The smallest absolute Gasteiger partial charge is 0.239 e. The van der Waals surface area contributed by atoms with Crippen LogP contribution in [-0.2, 0) is 31.2 Å². The van der Waals surface area contributed by atoms with Crippen molar-refractivity contribution in [2.75, 3.05) is 13.6 Å². The van der Waals surface area contributed by atoms with Gasteiger partial charge in [0.25, 0.3) is 0 Å². The van der Waals surface area contributed by atoms with Gasteiger partial charge in [-0.05, 0) is 33.6 Å². The van der Waals surface area contributed by atoms with Crippen molar-refractivity contribution < 1.29 is 4.79 Å². The molecule has 0 aliphatic heterocycles. The summed E-state index contributed by atoms with van der Waals surface area (Å²) in [5.41, 5.74) is 3.30. The number of aliphatic imine (C=N–C) groups is 1. The predicted molar refractivity (Wildman–Crippen MR) is 113 cm³/mol. The van der Waals surface area contributed by atoms with Crippen LogP contribution in [-0.4, -0.2) is 40.8 Å². The van der Waals surface area contributed by atoms with Crippen molar-refractivity contribution in [2.24, 2.45) is 12.0 Å². The van der Waals surface area contributed by atoms with E-state index in [1.54, 1.807) is 7.05 Å². The van der Waals surface area contributed by atoms with Gasteiger partial charge in [-0.1, -0.05) is 13.8 Å². The van der Waals surface area contributed by atoms with Gasteiger partial charge in [0, 0.05) is 37.4 Å². The average Bonchev–Trinajstić information content (AvgIpc) is 2.80. The molecule has 0 radical (unpaired) electrons. The van der Waals surface area contributed by atoms with Crippen LogP contribution in [0.15, 0.2) is 4.99 Å². The Balaban J connectivity index is 0.00000576. The van der Waals surface area contributed by atoms with Crippen molar-refractivity contribution in [1.29, 1.82) is 0 Å². The molecular formula is C17H33IN6O. The van der Waals surface area contributed by atoms with E-state index < -0.39 is 0 Å². The molecule has 0 saturated heterocycles. The quantitative estimate of drug-likeness (QED) is 0.340. The molecule has 8 heteroatoms. The van der Waals surface area contributed by atoms with Crippen LogP contribution in [0, 0.1) is 0 Å². The van der Waals surface area contributed by atoms with Gasteiger partial charge < -0.3 is 16.0 Å². The topological polar surface area (TPSA) is 83.3 Å². The Hall–Kier alpha value is -1.32. The number of halogens is 1. The van der Waals surface area contributed by atoms with Gasteiger partial charge in [-0.3, -0.25) is 14.5 Å². The molecule has 0 atom stereocenters. The molecule has 0 bridgehead atoms. The Bertz CT molecular complexity index is 589. The van der Waals surface area contributed by atoms with Crippen molar-refractivity contribution >= 4 is 35.8 Å². The van der Waals surface area contributed by atoms with Crippen molar-refractivity contribution in [3.8, 4) is 0 Å². The summed E-state index contributed by atoms with van der Waals surface area (Å²) in [6.07, 6.45) is 1.82. The summed E-state index contributed by atoms with van der Waals surface area (Å²) in [7, 11) is 3.67. The maximum absolute atomic E-state index is 11.9. The van der Waals surface area contributed by atoms with Crippen molar-refractivity contribution in [3.05, 3.63) is 17.0 Å². The Labute approximate surface area is 168 Å². The molecule has 0 unspecified atom stereocenters. The van der Waals surface area contributed by atoms with Gasteiger partial charge in [0.1, 0.15) is 0 Å². The van der Waals surface area contributed by atoms with Crippen LogP contribution in [0.4, 0.5) is 0 Å². The van der Waals surface area contributed by atoms with E-state index in [0.717, 1.165) is 18.5 Å². The Kier molecular flexibility index (Phi) is 10.1. The first-order valence-corrected chi connectivity index (χ1v) is 8.50. The van der Waals surface area contributed by atoms with Gasteiger partial charge in [-0.15, -0.1) is 24.0 Å². The van der Waals surface area contributed by atoms with Crippen LogP contribution in [0.25, 0.3) is 0 Å². The first-order chi connectivity index (χ1) is 11.2. The Morgan fingerprint density at radius 2 is 1.84 bits per heavy atom. The lowest BCUT2D eigenvalue weighted by molar-refractivity contribution is -0.121. The molecule has 0 fully saturated rings. The number of hydrogen-bond donors (Lipinski definition) is 3. The number of carbonyl (C=O) groups excluding carboxylic acids is 1. The summed E-state index contributed by atoms with van der Waals surface area (Å²) in [4.78, 5) is 16.1. The maximum atomic E-state index is 11.9. The van der Waals surface area contributed by atoms with E-state index in [4.69, 9.17) is 0 Å². The highest BCUT2D eigenvalue weighted by molar-refractivity contribution is 14.0. The minimum Gasteiger partial charge on any atom is -0.352 e. The van der Waals surface area contributed by atoms with Crippen molar-refractivity contribution in [1.82, 2.24) is 25.7 Å². The van der Waals surface area contributed by atoms with Crippen LogP contribution in [0.3, 0.4) is 0 Å². The SMILES string of the molecule is CCc1nn(C)c(CC)c1CNC(=NC)NCC(=O)NC(C)(C)C.I. The molecule has 1 aromatic heterocycles. The number of guanidine groups is 1. The van der Waals surface area contributed by atoms with E-state index >= 15 is 0 Å². The van der Waals surface area contributed by atoms with E-state index in [2.05, 4.69) is 39.9 Å². The summed E-state index contributed by atoms with van der Waals surface area (Å²) in [6, 6.07) is 0. The molecule has 1 amide bonds. The molecule has 1 heterocycles. The number of nitrogens with one attached hydrogen (secondary N) is 3. The van der Waals surface area contributed by atoms with Gasteiger partial charge in [0.2, 0.25) is 5.91 Å². The van der Waals surface area contributed by atoms with Gasteiger partial charge >= 0.3 is 0 Å². The van der Waals surface area contributed by atoms with Crippen molar-refractivity contribution in [2.45, 2.75) is 59.5 Å². The zero-order valence-corrected chi connectivity index (χ0v) is 18.8. The number of aromatic nitrogens is 2. The third-order valence-corrected chi connectivity index (χ3v) is 3.61. The highest BCUT2D eigenvalue weighted by Crippen LogP contribution is 2.15. The fraction of sp³-hybridized carbons (Fsp3) is 0.706. The first kappa shape index (κ1) is 23.7. The van der Waals surface area contributed by atoms with E-state index in [0.29, 0.717) is 12.5 Å². The fourth-order valence-corrected chi connectivity index (χ4v) is 2.61. The lowest BCUT2D eigenvalue weighted by atomic mass is 10.1. The maximum Gasteiger partial charge on any atom is 0.239 e. The van der Waals surface area contributed by atoms with Crippen LogP contribution in [0.2, 0.25) is 0 Å². The van der Waals surface area contributed by atoms with E-state index in [9.17, 15) is 4.79 Å². The molecule has 144 valence electrons. The summed E-state index contributed by atoms with van der Waals surface area (Å²) in [5.74, 6) is 0.544. The second-order valence-corrected chi connectivity index (χ2v) is 6.78. The fourth-order valence-electron chi connectivity index (χ4n) is 2.61. The lowest BCUT2D eigenvalue weighted by Gasteiger charge is -2.21. The summed E-state index contributed by atoms with van der Waals surface area (Å²) in [6.45, 7) is 10.9.